The summed E-state index contributed by atoms with van der Waals surface area (Å²) in [6.45, 7) is 3.12. The molecule has 18 heavy (non-hydrogen) atoms. The third-order valence-electron chi connectivity index (χ3n) is 1.97. The minimum Gasteiger partial charge on any atom is -0.465 e. The van der Waals surface area contributed by atoms with Crippen LogP contribution in [0.4, 0.5) is 0 Å². The maximum atomic E-state index is 11.1. The van der Waals surface area contributed by atoms with Crippen LogP contribution in [0.3, 0.4) is 0 Å². The number of rotatable bonds is 10. The normalized spacial score (nSPS) is 9.61. The Morgan fingerprint density at radius 1 is 1.06 bits per heavy atom. The Balaban J connectivity index is 3.50. The van der Waals surface area contributed by atoms with Crippen molar-refractivity contribution >= 4 is 17.7 Å². The maximum Gasteiger partial charge on any atom is 0.330 e. The summed E-state index contributed by atoms with van der Waals surface area (Å²) < 4.78 is 9.36. The van der Waals surface area contributed by atoms with Crippen LogP contribution in [0.15, 0.2) is 12.7 Å². The van der Waals surface area contributed by atoms with Crippen LogP contribution >= 0.6 is 0 Å². The van der Waals surface area contributed by atoms with E-state index in [0.29, 0.717) is 6.42 Å². The molecule has 0 aliphatic rings. The van der Waals surface area contributed by atoms with E-state index >= 15 is 0 Å². The Morgan fingerprint density at radius 2 is 1.72 bits per heavy atom. The standard InChI is InChI=1S/C12H18O6/c1-2-11(15)17-9-6-12(16)18-8-5-10(14)4-3-7-13/h2,13H,1,3-9H2. The number of aliphatic hydroxyl groups excluding tert-OH is 1. The first kappa shape index (κ1) is 16.3. The zero-order chi connectivity index (χ0) is 13.8. The van der Waals surface area contributed by atoms with E-state index in [1.807, 2.05) is 0 Å². The lowest BCUT2D eigenvalue weighted by Crippen LogP contribution is -2.13. The van der Waals surface area contributed by atoms with Gasteiger partial charge in [-0.05, 0) is 6.42 Å². The molecule has 0 aromatic heterocycles. The van der Waals surface area contributed by atoms with Gasteiger partial charge in [0.15, 0.2) is 0 Å². The van der Waals surface area contributed by atoms with Gasteiger partial charge in [0.2, 0.25) is 0 Å². The predicted molar refractivity (Wildman–Crippen MR) is 62.7 cm³/mol. The lowest BCUT2D eigenvalue weighted by molar-refractivity contribution is -0.147. The number of ketones is 1. The van der Waals surface area contributed by atoms with Crippen molar-refractivity contribution in [2.24, 2.45) is 0 Å². The third-order valence-corrected chi connectivity index (χ3v) is 1.97. The van der Waals surface area contributed by atoms with E-state index in [2.05, 4.69) is 11.3 Å². The van der Waals surface area contributed by atoms with E-state index in [1.165, 1.54) is 0 Å². The van der Waals surface area contributed by atoms with Crippen LogP contribution in [0.25, 0.3) is 0 Å². The fourth-order valence-corrected chi connectivity index (χ4v) is 1.05. The Hall–Kier alpha value is -1.69. The summed E-state index contributed by atoms with van der Waals surface area (Å²) in [6, 6.07) is 0. The van der Waals surface area contributed by atoms with Crippen molar-refractivity contribution in [3.05, 3.63) is 12.7 Å². The topological polar surface area (TPSA) is 89.9 Å². The number of hydrogen-bond donors (Lipinski definition) is 1. The first-order valence-electron chi connectivity index (χ1n) is 5.67. The summed E-state index contributed by atoms with van der Waals surface area (Å²) in [6.07, 6.45) is 1.79. The van der Waals surface area contributed by atoms with Crippen molar-refractivity contribution in [2.75, 3.05) is 19.8 Å². The molecule has 0 heterocycles. The quantitative estimate of drug-likeness (QED) is 0.450. The van der Waals surface area contributed by atoms with Gasteiger partial charge >= 0.3 is 11.9 Å². The zero-order valence-electron chi connectivity index (χ0n) is 10.2. The minimum atomic E-state index is -0.595. The second-order valence-corrected chi connectivity index (χ2v) is 3.46. The van der Waals surface area contributed by atoms with Crippen molar-refractivity contribution in [1.82, 2.24) is 0 Å². The van der Waals surface area contributed by atoms with Crippen LogP contribution in [0, 0.1) is 0 Å². The zero-order valence-corrected chi connectivity index (χ0v) is 10.2. The van der Waals surface area contributed by atoms with Gasteiger partial charge in [-0.1, -0.05) is 6.58 Å². The summed E-state index contributed by atoms with van der Waals surface area (Å²) in [4.78, 5) is 32.9. The second-order valence-electron chi connectivity index (χ2n) is 3.46. The Morgan fingerprint density at radius 3 is 2.33 bits per heavy atom. The van der Waals surface area contributed by atoms with Crippen molar-refractivity contribution in [2.45, 2.75) is 25.7 Å². The van der Waals surface area contributed by atoms with Gasteiger partial charge in [-0.2, -0.15) is 0 Å². The van der Waals surface area contributed by atoms with E-state index in [9.17, 15) is 14.4 Å². The Bertz CT molecular complexity index is 297. The van der Waals surface area contributed by atoms with Gasteiger partial charge in [0, 0.05) is 25.5 Å². The van der Waals surface area contributed by atoms with Crippen LogP contribution in [0.1, 0.15) is 25.7 Å². The van der Waals surface area contributed by atoms with Gasteiger partial charge in [-0.15, -0.1) is 0 Å². The second kappa shape index (κ2) is 10.5. The monoisotopic (exact) mass is 258 g/mol. The molecule has 0 rings (SSSR count). The largest absolute Gasteiger partial charge is 0.465 e. The smallest absolute Gasteiger partial charge is 0.330 e. The molecule has 0 amide bonds. The molecular formula is C12H18O6. The van der Waals surface area contributed by atoms with Gasteiger partial charge in [0.25, 0.3) is 0 Å². The SMILES string of the molecule is C=CC(=O)OCCC(=O)OCCC(=O)CCCO. The highest BCUT2D eigenvalue weighted by molar-refractivity contribution is 5.81. The maximum absolute atomic E-state index is 11.1. The molecule has 102 valence electrons. The minimum absolute atomic E-state index is 0.0124. The van der Waals surface area contributed by atoms with Crippen LogP contribution in [-0.2, 0) is 23.9 Å². The molecule has 0 aliphatic heterocycles. The number of aliphatic hydroxyl groups is 1. The van der Waals surface area contributed by atoms with Crippen LogP contribution in [0.5, 0.6) is 0 Å². The van der Waals surface area contributed by atoms with E-state index in [0.717, 1.165) is 6.08 Å². The first-order chi connectivity index (χ1) is 8.60. The Labute approximate surface area is 106 Å². The number of hydrogen-bond acceptors (Lipinski definition) is 6. The fraction of sp³-hybridized carbons (Fsp3) is 0.583. The molecule has 0 spiro atoms. The molecule has 0 atom stereocenters. The summed E-state index contributed by atoms with van der Waals surface area (Å²) in [7, 11) is 0. The van der Waals surface area contributed by atoms with Crippen molar-refractivity contribution in [3.8, 4) is 0 Å². The number of ether oxygens (including phenoxy) is 2. The number of carbonyl (C=O) groups is 3. The Kier molecular flexibility index (Phi) is 9.48. The molecule has 0 saturated heterocycles. The van der Waals surface area contributed by atoms with E-state index in [4.69, 9.17) is 9.84 Å². The van der Waals surface area contributed by atoms with Gasteiger partial charge in [0.1, 0.15) is 12.4 Å². The molecular weight excluding hydrogens is 240 g/mol. The molecule has 0 bridgehead atoms. The molecule has 0 radical (unpaired) electrons. The van der Waals surface area contributed by atoms with Crippen LogP contribution in [-0.4, -0.2) is 42.6 Å². The van der Waals surface area contributed by atoms with Crippen molar-refractivity contribution < 1.29 is 29.0 Å². The van der Waals surface area contributed by atoms with Crippen molar-refractivity contribution in [3.63, 3.8) is 0 Å². The molecule has 0 unspecified atom stereocenters. The molecule has 0 fully saturated rings. The molecule has 1 N–H and O–H groups in total. The molecule has 0 aromatic carbocycles. The first-order valence-corrected chi connectivity index (χ1v) is 5.67. The van der Waals surface area contributed by atoms with Gasteiger partial charge in [-0.3, -0.25) is 9.59 Å². The summed E-state index contributed by atoms with van der Waals surface area (Å²) >= 11 is 0. The predicted octanol–water partition coefficient (Wildman–Crippen LogP) is 0.381. The van der Waals surface area contributed by atoms with E-state index in [-0.39, 0.29) is 44.9 Å². The highest BCUT2D eigenvalue weighted by Crippen LogP contribution is 1.97. The average Bonchev–Trinajstić information content (AvgIpc) is 2.36. The third kappa shape index (κ3) is 9.53. The van der Waals surface area contributed by atoms with Crippen molar-refractivity contribution in [1.29, 1.82) is 0 Å². The van der Waals surface area contributed by atoms with Gasteiger partial charge < -0.3 is 14.6 Å². The summed E-state index contributed by atoms with van der Waals surface area (Å²) in [5, 5.41) is 8.51. The highest BCUT2D eigenvalue weighted by atomic mass is 16.5. The van der Waals surface area contributed by atoms with Crippen LogP contribution < -0.4 is 0 Å². The van der Waals surface area contributed by atoms with Gasteiger partial charge in [0.05, 0.1) is 13.0 Å². The summed E-state index contributed by atoms with van der Waals surface area (Å²) in [5.41, 5.74) is 0. The van der Waals surface area contributed by atoms with Gasteiger partial charge in [-0.25, -0.2) is 4.79 Å². The van der Waals surface area contributed by atoms with E-state index < -0.39 is 11.9 Å². The fourth-order valence-electron chi connectivity index (χ4n) is 1.05. The number of esters is 2. The molecule has 6 heteroatoms. The molecule has 6 nitrogen and oxygen atoms in total. The lowest BCUT2D eigenvalue weighted by Gasteiger charge is -2.04. The molecule has 0 aliphatic carbocycles. The van der Waals surface area contributed by atoms with Crippen LogP contribution in [0.2, 0.25) is 0 Å². The number of Topliss-reactive ketones (excluding diaryl/α,β-unsaturated/α-hetero) is 1. The molecule has 0 saturated carbocycles. The average molecular weight is 258 g/mol. The highest BCUT2D eigenvalue weighted by Gasteiger charge is 2.07. The lowest BCUT2D eigenvalue weighted by atomic mass is 10.2. The van der Waals surface area contributed by atoms with E-state index in [1.54, 1.807) is 0 Å². The number of carbonyl (C=O) groups excluding carboxylic acids is 3. The summed E-state index contributed by atoms with van der Waals surface area (Å²) in [5.74, 6) is -1.18. The molecule has 0 aromatic rings.